The Kier molecular flexibility index (Phi) is 5.27. The molecule has 2 aromatic carbocycles. The molecule has 1 N–H and O–H groups in total. The van der Waals surface area contributed by atoms with Gasteiger partial charge in [-0.1, -0.05) is 42.5 Å². The quantitative estimate of drug-likeness (QED) is 0.672. The summed E-state index contributed by atoms with van der Waals surface area (Å²) in [4.78, 5) is 22.7. The molecule has 1 heterocycles. The fourth-order valence-corrected chi connectivity index (χ4v) is 2.68. The van der Waals surface area contributed by atoms with Crippen molar-refractivity contribution in [1.82, 2.24) is 9.97 Å². The monoisotopic (exact) mass is 346 g/mol. The molecule has 0 saturated carbocycles. The van der Waals surface area contributed by atoms with Crippen molar-refractivity contribution >= 4 is 23.2 Å². The minimum atomic E-state index is 0.0378. The van der Waals surface area contributed by atoms with Gasteiger partial charge in [-0.2, -0.15) is 4.98 Å². The zero-order valence-corrected chi connectivity index (χ0v) is 15.2. The number of aromatic nitrogens is 2. The average Bonchev–Trinajstić information content (AvgIpc) is 2.62. The van der Waals surface area contributed by atoms with Crippen LogP contribution < -0.4 is 10.2 Å². The van der Waals surface area contributed by atoms with Crippen LogP contribution in [0.1, 0.15) is 28.5 Å². The van der Waals surface area contributed by atoms with Crippen molar-refractivity contribution in [2.75, 3.05) is 17.3 Å². The Bertz CT molecular complexity index is 909. The lowest BCUT2D eigenvalue weighted by Gasteiger charge is -2.18. The summed E-state index contributed by atoms with van der Waals surface area (Å²) in [5.41, 5.74) is 3.57. The fourth-order valence-electron chi connectivity index (χ4n) is 2.68. The van der Waals surface area contributed by atoms with Gasteiger partial charge in [0.2, 0.25) is 5.95 Å². The second-order valence-corrected chi connectivity index (χ2v) is 6.30. The lowest BCUT2D eigenvalue weighted by Crippen LogP contribution is -2.19. The Morgan fingerprint density at radius 2 is 1.81 bits per heavy atom. The van der Waals surface area contributed by atoms with Crippen molar-refractivity contribution in [2.45, 2.75) is 20.4 Å². The molecule has 3 rings (SSSR count). The van der Waals surface area contributed by atoms with Crippen LogP contribution >= 0.6 is 0 Å². The van der Waals surface area contributed by atoms with Gasteiger partial charge in [0.1, 0.15) is 5.82 Å². The van der Waals surface area contributed by atoms with Crippen molar-refractivity contribution < 1.29 is 4.79 Å². The minimum absolute atomic E-state index is 0.0378. The number of hydrogen-bond donors (Lipinski definition) is 1. The number of hydrogen-bond acceptors (Lipinski definition) is 5. The van der Waals surface area contributed by atoms with Crippen LogP contribution in [0.15, 0.2) is 60.7 Å². The Morgan fingerprint density at radius 3 is 2.54 bits per heavy atom. The largest absolute Gasteiger partial charge is 0.340 e. The normalized spacial score (nSPS) is 10.4. The summed E-state index contributed by atoms with van der Waals surface area (Å²) in [6.45, 7) is 4.23. The number of Topliss-reactive ketones (excluding diaryl/α,β-unsaturated/α-hetero) is 1. The zero-order chi connectivity index (χ0) is 18.5. The van der Waals surface area contributed by atoms with E-state index in [1.54, 1.807) is 13.0 Å². The first-order chi connectivity index (χ1) is 12.5. The molecule has 5 heteroatoms. The first-order valence-electron chi connectivity index (χ1n) is 8.50. The standard InChI is InChI=1S/C21H22N4O/c1-15-12-20(23-19-11-7-10-18(13-19)16(2)26)24-21(22-15)25(3)14-17-8-5-4-6-9-17/h4-13H,14H2,1-3H3,(H,22,23,24). The number of anilines is 3. The summed E-state index contributed by atoms with van der Waals surface area (Å²) >= 11 is 0. The third-order valence-corrected chi connectivity index (χ3v) is 3.99. The van der Waals surface area contributed by atoms with E-state index in [4.69, 9.17) is 0 Å². The molecule has 0 radical (unpaired) electrons. The number of nitrogens with zero attached hydrogens (tertiary/aromatic N) is 3. The molecule has 132 valence electrons. The number of carbonyl (C=O) groups excluding carboxylic acids is 1. The van der Waals surface area contributed by atoms with Crippen molar-refractivity contribution in [2.24, 2.45) is 0 Å². The van der Waals surface area contributed by atoms with Gasteiger partial charge in [-0.25, -0.2) is 4.98 Å². The van der Waals surface area contributed by atoms with E-state index in [0.29, 0.717) is 17.3 Å². The Balaban J connectivity index is 1.81. The van der Waals surface area contributed by atoms with E-state index < -0.39 is 0 Å². The SMILES string of the molecule is CC(=O)c1cccc(Nc2cc(C)nc(N(C)Cc3ccccc3)n2)c1. The second-order valence-electron chi connectivity index (χ2n) is 6.30. The van der Waals surface area contributed by atoms with Crippen molar-refractivity contribution in [3.05, 3.63) is 77.5 Å². The number of nitrogens with one attached hydrogen (secondary N) is 1. The molecule has 0 atom stereocenters. The minimum Gasteiger partial charge on any atom is -0.340 e. The third-order valence-electron chi connectivity index (χ3n) is 3.99. The van der Waals surface area contributed by atoms with Crippen LogP contribution in [0.2, 0.25) is 0 Å². The van der Waals surface area contributed by atoms with Gasteiger partial charge in [0.05, 0.1) is 0 Å². The molecule has 0 aliphatic heterocycles. The van der Waals surface area contributed by atoms with E-state index in [1.165, 1.54) is 5.56 Å². The molecule has 5 nitrogen and oxygen atoms in total. The molecule has 26 heavy (non-hydrogen) atoms. The predicted molar refractivity (Wildman–Crippen MR) is 105 cm³/mol. The highest BCUT2D eigenvalue weighted by atomic mass is 16.1. The highest BCUT2D eigenvalue weighted by Gasteiger charge is 2.09. The fraction of sp³-hybridized carbons (Fsp3) is 0.190. The number of ketones is 1. The molecule has 3 aromatic rings. The lowest BCUT2D eigenvalue weighted by molar-refractivity contribution is 0.101. The molecule has 0 unspecified atom stereocenters. The van der Waals surface area contributed by atoms with Crippen LogP contribution in [0, 0.1) is 6.92 Å². The Hall–Kier alpha value is -3.21. The summed E-state index contributed by atoms with van der Waals surface area (Å²) in [6.07, 6.45) is 0. The molecule has 0 amide bonds. The average molecular weight is 346 g/mol. The molecule has 0 spiro atoms. The van der Waals surface area contributed by atoms with Crippen molar-refractivity contribution in [1.29, 1.82) is 0 Å². The molecule has 0 saturated heterocycles. The third kappa shape index (κ3) is 4.45. The van der Waals surface area contributed by atoms with Gasteiger partial charge in [0.25, 0.3) is 0 Å². The van der Waals surface area contributed by atoms with E-state index in [2.05, 4.69) is 27.4 Å². The molecule has 0 aliphatic carbocycles. The number of benzene rings is 2. The highest BCUT2D eigenvalue weighted by Crippen LogP contribution is 2.20. The summed E-state index contributed by atoms with van der Waals surface area (Å²) in [6, 6.07) is 19.5. The number of carbonyl (C=O) groups is 1. The summed E-state index contributed by atoms with van der Waals surface area (Å²) in [7, 11) is 1.97. The van der Waals surface area contributed by atoms with E-state index >= 15 is 0 Å². The molecule has 0 aliphatic rings. The van der Waals surface area contributed by atoms with Crippen LogP contribution in [-0.4, -0.2) is 22.8 Å². The van der Waals surface area contributed by atoms with Gasteiger partial charge in [0.15, 0.2) is 5.78 Å². The maximum Gasteiger partial charge on any atom is 0.227 e. The van der Waals surface area contributed by atoms with E-state index in [9.17, 15) is 4.79 Å². The molecular formula is C21H22N4O. The van der Waals surface area contributed by atoms with Gasteiger partial charge in [0, 0.05) is 36.6 Å². The van der Waals surface area contributed by atoms with Gasteiger partial charge in [-0.15, -0.1) is 0 Å². The van der Waals surface area contributed by atoms with Gasteiger partial charge in [-0.3, -0.25) is 4.79 Å². The van der Waals surface area contributed by atoms with E-state index in [-0.39, 0.29) is 5.78 Å². The number of rotatable bonds is 6. The van der Waals surface area contributed by atoms with E-state index in [1.807, 2.05) is 61.3 Å². The van der Waals surface area contributed by atoms with Crippen LogP contribution in [-0.2, 0) is 6.54 Å². The van der Waals surface area contributed by atoms with Gasteiger partial charge >= 0.3 is 0 Å². The summed E-state index contributed by atoms with van der Waals surface area (Å²) in [5, 5.41) is 3.27. The van der Waals surface area contributed by atoms with E-state index in [0.717, 1.165) is 17.9 Å². The smallest absolute Gasteiger partial charge is 0.227 e. The first kappa shape index (κ1) is 17.6. The Labute approximate surface area is 153 Å². The number of aryl methyl sites for hydroxylation is 1. The summed E-state index contributed by atoms with van der Waals surface area (Å²) < 4.78 is 0. The maximum absolute atomic E-state index is 11.6. The van der Waals surface area contributed by atoms with Gasteiger partial charge < -0.3 is 10.2 Å². The first-order valence-corrected chi connectivity index (χ1v) is 8.50. The Morgan fingerprint density at radius 1 is 1.04 bits per heavy atom. The van der Waals surface area contributed by atoms with Crippen LogP contribution in [0.25, 0.3) is 0 Å². The second kappa shape index (κ2) is 7.78. The summed E-state index contributed by atoms with van der Waals surface area (Å²) in [5.74, 6) is 1.39. The zero-order valence-electron chi connectivity index (χ0n) is 15.2. The predicted octanol–water partition coefficient (Wildman–Crippen LogP) is 4.37. The van der Waals surface area contributed by atoms with Crippen LogP contribution in [0.5, 0.6) is 0 Å². The molecule has 0 bridgehead atoms. The molecule has 1 aromatic heterocycles. The van der Waals surface area contributed by atoms with Crippen LogP contribution in [0.3, 0.4) is 0 Å². The molecule has 0 fully saturated rings. The van der Waals surface area contributed by atoms with Crippen molar-refractivity contribution in [3.8, 4) is 0 Å². The lowest BCUT2D eigenvalue weighted by atomic mass is 10.1. The molecular weight excluding hydrogens is 324 g/mol. The maximum atomic E-state index is 11.6. The highest BCUT2D eigenvalue weighted by molar-refractivity contribution is 5.95. The van der Waals surface area contributed by atoms with Crippen molar-refractivity contribution in [3.63, 3.8) is 0 Å². The topological polar surface area (TPSA) is 58.1 Å². The van der Waals surface area contributed by atoms with Gasteiger partial charge in [-0.05, 0) is 31.5 Å². The van der Waals surface area contributed by atoms with Crippen LogP contribution in [0.4, 0.5) is 17.5 Å².